The van der Waals surface area contributed by atoms with Crippen LogP contribution in [0.15, 0.2) is 0 Å². The number of carbonyl (C=O) groups excluding carboxylic acids is 2. The quantitative estimate of drug-likeness (QED) is 0.687. The van der Waals surface area contributed by atoms with Crippen molar-refractivity contribution >= 4 is 17.9 Å². The molecule has 20 heavy (non-hydrogen) atoms. The van der Waals surface area contributed by atoms with Crippen LogP contribution in [0.4, 0.5) is 4.79 Å². The average molecular weight is 285 g/mol. The molecule has 1 aliphatic rings. The lowest BCUT2D eigenvalue weighted by Gasteiger charge is -2.32. The third-order valence-corrected chi connectivity index (χ3v) is 3.93. The SMILES string of the molecule is CCC(CC)(NC(=O)NC1CCC(=O)N(C)C1)C(=O)O. The first-order chi connectivity index (χ1) is 9.34. The van der Waals surface area contributed by atoms with Crippen molar-refractivity contribution in [2.45, 2.75) is 51.1 Å². The average Bonchev–Trinajstić information content (AvgIpc) is 2.40. The first-order valence-corrected chi connectivity index (χ1v) is 6.90. The van der Waals surface area contributed by atoms with Gasteiger partial charge in [-0.1, -0.05) is 13.8 Å². The van der Waals surface area contributed by atoms with Gasteiger partial charge in [0.05, 0.1) is 0 Å². The molecule has 3 N–H and O–H groups in total. The molecule has 1 rings (SSSR count). The van der Waals surface area contributed by atoms with Crippen molar-refractivity contribution in [2.75, 3.05) is 13.6 Å². The summed E-state index contributed by atoms with van der Waals surface area (Å²) in [6.45, 7) is 3.90. The minimum Gasteiger partial charge on any atom is -0.480 e. The van der Waals surface area contributed by atoms with Gasteiger partial charge >= 0.3 is 12.0 Å². The van der Waals surface area contributed by atoms with Gasteiger partial charge in [0, 0.05) is 26.1 Å². The highest BCUT2D eigenvalue weighted by Gasteiger charge is 2.37. The van der Waals surface area contributed by atoms with Crippen LogP contribution in [0, 0.1) is 0 Å². The van der Waals surface area contributed by atoms with E-state index in [0.29, 0.717) is 32.2 Å². The van der Waals surface area contributed by atoms with Crippen LogP contribution in [-0.4, -0.2) is 53.1 Å². The molecule has 0 bridgehead atoms. The Labute approximate surface area is 118 Å². The van der Waals surface area contributed by atoms with E-state index in [9.17, 15) is 19.5 Å². The van der Waals surface area contributed by atoms with E-state index in [4.69, 9.17) is 0 Å². The second-order valence-electron chi connectivity index (χ2n) is 5.20. The lowest BCUT2D eigenvalue weighted by molar-refractivity contribution is -0.144. The molecule has 7 heteroatoms. The number of carbonyl (C=O) groups is 3. The van der Waals surface area contributed by atoms with Gasteiger partial charge in [-0.25, -0.2) is 9.59 Å². The zero-order valence-corrected chi connectivity index (χ0v) is 12.2. The summed E-state index contributed by atoms with van der Waals surface area (Å²) in [5.74, 6) is -0.973. The van der Waals surface area contributed by atoms with Crippen molar-refractivity contribution in [3.8, 4) is 0 Å². The van der Waals surface area contributed by atoms with Gasteiger partial charge in [-0.05, 0) is 19.3 Å². The van der Waals surface area contributed by atoms with Crippen molar-refractivity contribution < 1.29 is 19.5 Å². The fourth-order valence-corrected chi connectivity index (χ4v) is 2.35. The molecule has 3 amide bonds. The number of hydrogen-bond acceptors (Lipinski definition) is 3. The van der Waals surface area contributed by atoms with Gasteiger partial charge in [-0.3, -0.25) is 4.79 Å². The van der Waals surface area contributed by atoms with Crippen molar-refractivity contribution in [1.82, 2.24) is 15.5 Å². The number of nitrogens with one attached hydrogen (secondary N) is 2. The van der Waals surface area contributed by atoms with E-state index in [1.807, 2.05) is 0 Å². The second-order valence-corrected chi connectivity index (χ2v) is 5.20. The Hall–Kier alpha value is -1.79. The highest BCUT2D eigenvalue weighted by Crippen LogP contribution is 2.16. The van der Waals surface area contributed by atoms with Crippen molar-refractivity contribution in [2.24, 2.45) is 0 Å². The van der Waals surface area contributed by atoms with Crippen LogP contribution in [0.3, 0.4) is 0 Å². The highest BCUT2D eigenvalue weighted by molar-refractivity contribution is 5.86. The number of rotatable bonds is 5. The minimum absolute atomic E-state index is 0.0606. The van der Waals surface area contributed by atoms with Crippen LogP contribution in [0.2, 0.25) is 0 Å². The van der Waals surface area contributed by atoms with Crippen molar-refractivity contribution in [3.63, 3.8) is 0 Å². The van der Waals surface area contributed by atoms with Crippen LogP contribution in [0.25, 0.3) is 0 Å². The van der Waals surface area contributed by atoms with Gasteiger partial charge in [0.15, 0.2) is 0 Å². The summed E-state index contributed by atoms with van der Waals surface area (Å²) in [5.41, 5.74) is -1.24. The molecule has 0 spiro atoms. The summed E-state index contributed by atoms with van der Waals surface area (Å²) in [6, 6.07) is -0.637. The van der Waals surface area contributed by atoms with Crippen molar-refractivity contribution in [3.05, 3.63) is 0 Å². The summed E-state index contributed by atoms with van der Waals surface area (Å²) in [7, 11) is 1.69. The fourth-order valence-electron chi connectivity index (χ4n) is 2.35. The molecule has 0 aromatic heterocycles. The monoisotopic (exact) mass is 285 g/mol. The number of amides is 3. The van der Waals surface area contributed by atoms with E-state index in [-0.39, 0.29) is 11.9 Å². The van der Waals surface area contributed by atoms with Crippen molar-refractivity contribution in [1.29, 1.82) is 0 Å². The normalized spacial score (nSPS) is 19.6. The molecule has 1 unspecified atom stereocenters. The summed E-state index contributed by atoms with van der Waals surface area (Å²) in [6.07, 6.45) is 1.60. The Kier molecular flexibility index (Phi) is 5.35. The summed E-state index contributed by atoms with van der Waals surface area (Å²) in [5, 5.41) is 14.6. The molecule has 1 atom stereocenters. The molecule has 0 aliphatic carbocycles. The molecule has 0 aromatic carbocycles. The van der Waals surface area contributed by atoms with Crippen LogP contribution in [0.5, 0.6) is 0 Å². The molecule has 1 fully saturated rings. The second kappa shape index (κ2) is 6.58. The Balaban J connectivity index is 2.59. The maximum absolute atomic E-state index is 11.9. The van der Waals surface area contributed by atoms with Gasteiger partial charge in [0.1, 0.15) is 5.54 Å². The third kappa shape index (κ3) is 3.61. The third-order valence-electron chi connectivity index (χ3n) is 3.93. The first-order valence-electron chi connectivity index (χ1n) is 6.90. The van der Waals surface area contributed by atoms with Gasteiger partial charge in [-0.15, -0.1) is 0 Å². The Morgan fingerprint density at radius 3 is 2.45 bits per heavy atom. The predicted molar refractivity (Wildman–Crippen MR) is 73.3 cm³/mol. The van der Waals surface area contributed by atoms with Crippen LogP contribution >= 0.6 is 0 Å². The largest absolute Gasteiger partial charge is 0.480 e. The topological polar surface area (TPSA) is 98.7 Å². The molecular formula is C13H23N3O4. The van der Waals surface area contributed by atoms with E-state index in [1.165, 1.54) is 0 Å². The van der Waals surface area contributed by atoms with Crippen LogP contribution in [0.1, 0.15) is 39.5 Å². The maximum atomic E-state index is 11.9. The molecular weight excluding hydrogens is 262 g/mol. The van der Waals surface area contributed by atoms with Crippen LogP contribution < -0.4 is 10.6 Å². The number of carboxylic acid groups (broad SMARTS) is 1. The summed E-state index contributed by atoms with van der Waals surface area (Å²) >= 11 is 0. The van der Waals surface area contributed by atoms with E-state index >= 15 is 0 Å². The molecule has 0 aromatic rings. The fraction of sp³-hybridized carbons (Fsp3) is 0.769. The zero-order chi connectivity index (χ0) is 15.3. The van der Waals surface area contributed by atoms with Crippen LogP contribution in [-0.2, 0) is 9.59 Å². The number of urea groups is 1. The molecule has 1 aliphatic heterocycles. The smallest absolute Gasteiger partial charge is 0.329 e. The molecule has 114 valence electrons. The first kappa shape index (κ1) is 16.3. The Morgan fingerprint density at radius 1 is 1.40 bits per heavy atom. The lowest BCUT2D eigenvalue weighted by Crippen LogP contribution is -2.59. The summed E-state index contributed by atoms with van der Waals surface area (Å²) < 4.78 is 0. The number of carboxylic acids is 1. The zero-order valence-electron chi connectivity index (χ0n) is 12.2. The predicted octanol–water partition coefficient (Wildman–Crippen LogP) is 0.550. The highest BCUT2D eigenvalue weighted by atomic mass is 16.4. The Bertz CT molecular complexity index is 393. The van der Waals surface area contributed by atoms with Gasteiger partial charge < -0.3 is 20.6 Å². The maximum Gasteiger partial charge on any atom is 0.329 e. The number of nitrogens with zero attached hydrogens (tertiary/aromatic N) is 1. The number of likely N-dealkylation sites (N-methyl/N-ethyl adjacent to an activating group) is 1. The van der Waals surface area contributed by atoms with E-state index in [2.05, 4.69) is 10.6 Å². The van der Waals surface area contributed by atoms with Gasteiger partial charge in [0.2, 0.25) is 5.91 Å². The standard InChI is InChI=1S/C13H23N3O4/c1-4-13(5-2,11(18)19)15-12(20)14-9-6-7-10(17)16(3)8-9/h9H,4-8H2,1-3H3,(H,18,19)(H2,14,15,20). The lowest BCUT2D eigenvalue weighted by atomic mass is 9.93. The Morgan fingerprint density at radius 2 is 2.00 bits per heavy atom. The van der Waals surface area contributed by atoms with Gasteiger partial charge in [0.25, 0.3) is 0 Å². The van der Waals surface area contributed by atoms with E-state index in [1.54, 1.807) is 25.8 Å². The molecule has 1 saturated heterocycles. The molecule has 0 radical (unpaired) electrons. The number of hydrogen-bond donors (Lipinski definition) is 3. The molecule has 0 saturated carbocycles. The summed E-state index contributed by atoms with van der Waals surface area (Å²) in [4.78, 5) is 36.2. The number of likely N-dealkylation sites (tertiary alicyclic amines) is 1. The number of piperidine rings is 1. The molecule has 7 nitrogen and oxygen atoms in total. The minimum atomic E-state index is -1.24. The molecule has 1 heterocycles. The van der Waals surface area contributed by atoms with Gasteiger partial charge in [-0.2, -0.15) is 0 Å². The van der Waals surface area contributed by atoms with E-state index in [0.717, 1.165) is 0 Å². The number of aliphatic carboxylic acids is 1. The van der Waals surface area contributed by atoms with E-state index < -0.39 is 17.5 Å².